The third-order valence-electron chi connectivity index (χ3n) is 3.06. The van der Waals surface area contributed by atoms with Crippen molar-refractivity contribution in [1.82, 2.24) is 25.2 Å². The van der Waals surface area contributed by atoms with Crippen LogP contribution in [-0.2, 0) is 0 Å². The molecule has 0 aromatic carbocycles. The first-order valence-electron chi connectivity index (χ1n) is 6.42. The Labute approximate surface area is 117 Å². The van der Waals surface area contributed by atoms with E-state index in [-0.39, 0.29) is 0 Å². The molecule has 0 atom stereocenters. The third-order valence-corrected chi connectivity index (χ3v) is 3.06. The molecule has 0 unspecified atom stereocenters. The molecule has 0 saturated carbocycles. The summed E-state index contributed by atoms with van der Waals surface area (Å²) in [5.74, 6) is 1.98. The van der Waals surface area contributed by atoms with Gasteiger partial charge in [0.15, 0.2) is 5.82 Å². The van der Waals surface area contributed by atoms with E-state index >= 15 is 0 Å². The van der Waals surface area contributed by atoms with Gasteiger partial charge in [0, 0.05) is 17.5 Å². The topological polar surface area (TPSA) is 84.9 Å². The van der Waals surface area contributed by atoms with Gasteiger partial charge < -0.3 is 5.73 Å². The largest absolute Gasteiger partial charge is 0.384 e. The quantitative estimate of drug-likeness (QED) is 0.837. The summed E-state index contributed by atoms with van der Waals surface area (Å²) in [6.45, 7) is 6.55. The second kappa shape index (κ2) is 4.52. The molecule has 1 aliphatic rings. The van der Waals surface area contributed by atoms with Gasteiger partial charge in [0.1, 0.15) is 5.82 Å². The Balaban J connectivity index is 2.01. The van der Waals surface area contributed by atoms with E-state index in [2.05, 4.69) is 20.5 Å². The van der Waals surface area contributed by atoms with Crippen molar-refractivity contribution < 1.29 is 0 Å². The van der Waals surface area contributed by atoms with Gasteiger partial charge in [-0.2, -0.15) is 10.1 Å². The van der Waals surface area contributed by atoms with Crippen molar-refractivity contribution in [3.8, 4) is 5.95 Å². The molecule has 0 spiro atoms. The van der Waals surface area contributed by atoms with Gasteiger partial charge in [0.25, 0.3) is 5.95 Å². The van der Waals surface area contributed by atoms with Gasteiger partial charge in [0.05, 0.1) is 12.2 Å². The van der Waals surface area contributed by atoms with Crippen LogP contribution in [0, 0.1) is 20.8 Å². The van der Waals surface area contributed by atoms with Crippen LogP contribution in [0.25, 0.3) is 5.95 Å². The Morgan fingerprint density at radius 3 is 2.55 bits per heavy atom. The van der Waals surface area contributed by atoms with Gasteiger partial charge in [-0.1, -0.05) is 0 Å². The van der Waals surface area contributed by atoms with Crippen LogP contribution in [0.2, 0.25) is 0 Å². The van der Waals surface area contributed by atoms with Crippen LogP contribution in [0.1, 0.15) is 17.1 Å². The predicted molar refractivity (Wildman–Crippen MR) is 76.1 cm³/mol. The van der Waals surface area contributed by atoms with Crippen molar-refractivity contribution in [1.29, 1.82) is 0 Å². The van der Waals surface area contributed by atoms with Crippen molar-refractivity contribution in [2.24, 2.45) is 5.73 Å². The van der Waals surface area contributed by atoms with Crippen molar-refractivity contribution in [3.63, 3.8) is 0 Å². The lowest BCUT2D eigenvalue weighted by Gasteiger charge is -2.19. The summed E-state index contributed by atoms with van der Waals surface area (Å²) in [6, 6.07) is 3.91. The fourth-order valence-corrected chi connectivity index (χ4v) is 2.19. The van der Waals surface area contributed by atoms with E-state index < -0.39 is 0 Å². The Bertz CT molecular complexity index is 686. The molecule has 104 valence electrons. The average molecular weight is 271 g/mol. The second-order valence-electron chi connectivity index (χ2n) is 4.89. The number of hydrazine groups is 1. The molecule has 0 radical (unpaired) electrons. The van der Waals surface area contributed by atoms with Gasteiger partial charge >= 0.3 is 0 Å². The summed E-state index contributed by atoms with van der Waals surface area (Å²) < 4.78 is 1.75. The number of hydrogen-bond acceptors (Lipinski definition) is 6. The summed E-state index contributed by atoms with van der Waals surface area (Å²) in [7, 11) is 0. The monoisotopic (exact) mass is 271 g/mol. The summed E-state index contributed by atoms with van der Waals surface area (Å²) in [5, 5.41) is 6.29. The minimum Gasteiger partial charge on any atom is -0.384 e. The van der Waals surface area contributed by atoms with Gasteiger partial charge in [0.2, 0.25) is 0 Å². The molecule has 3 N–H and O–H groups in total. The number of aryl methyl sites for hydroxylation is 3. The molecule has 20 heavy (non-hydrogen) atoms. The predicted octanol–water partition coefficient (Wildman–Crippen LogP) is 0.712. The molecule has 0 bridgehead atoms. The normalized spacial score (nSPS) is 14.3. The zero-order chi connectivity index (χ0) is 14.3. The van der Waals surface area contributed by atoms with Gasteiger partial charge in [-0.15, -0.1) is 0 Å². The highest BCUT2D eigenvalue weighted by atomic mass is 15.6. The fraction of sp³-hybridized carbons (Fsp3) is 0.308. The first-order chi connectivity index (χ1) is 9.52. The zero-order valence-electron chi connectivity index (χ0n) is 11.8. The molecule has 0 fully saturated rings. The molecular formula is C13H17N7. The Kier molecular flexibility index (Phi) is 2.81. The van der Waals surface area contributed by atoms with Crippen LogP contribution >= 0.6 is 0 Å². The fourth-order valence-electron chi connectivity index (χ4n) is 2.19. The number of anilines is 1. The van der Waals surface area contributed by atoms with Crippen LogP contribution in [0.4, 0.5) is 5.82 Å². The number of nitrogens with zero attached hydrogens (tertiary/aromatic N) is 5. The third kappa shape index (κ3) is 2.18. The van der Waals surface area contributed by atoms with Crippen LogP contribution in [-0.4, -0.2) is 26.3 Å². The zero-order valence-corrected chi connectivity index (χ0v) is 11.8. The molecule has 3 rings (SSSR count). The van der Waals surface area contributed by atoms with Crippen molar-refractivity contribution >= 4 is 5.82 Å². The molecule has 2 aromatic heterocycles. The highest BCUT2D eigenvalue weighted by Gasteiger charge is 2.16. The molecule has 2 aromatic rings. The van der Waals surface area contributed by atoms with Crippen LogP contribution in [0.15, 0.2) is 24.0 Å². The molecule has 7 nitrogen and oxygen atoms in total. The molecule has 0 amide bonds. The van der Waals surface area contributed by atoms with Crippen LogP contribution in [0.5, 0.6) is 0 Å². The van der Waals surface area contributed by atoms with E-state index in [1.54, 1.807) is 4.68 Å². The number of nitrogens with two attached hydrogens (primary N) is 1. The van der Waals surface area contributed by atoms with Crippen molar-refractivity contribution in [2.45, 2.75) is 20.8 Å². The highest BCUT2D eigenvalue weighted by Crippen LogP contribution is 2.16. The SMILES string of the molecule is Cc1cc(N2CC=C(N)N2)nc(-n2nc(C)cc2C)n1. The summed E-state index contributed by atoms with van der Waals surface area (Å²) in [6.07, 6.45) is 1.90. The number of rotatable bonds is 2. The van der Waals surface area contributed by atoms with Crippen LogP contribution in [0.3, 0.4) is 0 Å². The number of hydrogen-bond donors (Lipinski definition) is 2. The molecule has 1 aliphatic heterocycles. The van der Waals surface area contributed by atoms with E-state index in [4.69, 9.17) is 5.73 Å². The van der Waals surface area contributed by atoms with Crippen molar-refractivity contribution in [3.05, 3.63) is 41.1 Å². The van der Waals surface area contributed by atoms with E-state index in [1.807, 2.05) is 44.0 Å². The lowest BCUT2D eigenvalue weighted by Crippen LogP contribution is -2.35. The number of nitrogens with one attached hydrogen (secondary N) is 1. The summed E-state index contributed by atoms with van der Waals surface area (Å²) in [5.41, 5.74) is 11.6. The van der Waals surface area contributed by atoms with E-state index in [0.29, 0.717) is 18.3 Å². The Morgan fingerprint density at radius 1 is 1.15 bits per heavy atom. The second-order valence-corrected chi connectivity index (χ2v) is 4.89. The molecule has 7 heteroatoms. The molecule has 3 heterocycles. The maximum Gasteiger partial charge on any atom is 0.253 e. The Hall–Kier alpha value is -2.57. The lowest BCUT2D eigenvalue weighted by atomic mass is 10.4. The lowest BCUT2D eigenvalue weighted by molar-refractivity contribution is 0.738. The molecule has 0 saturated heterocycles. The number of aromatic nitrogens is 4. The van der Waals surface area contributed by atoms with Gasteiger partial charge in [-0.3, -0.25) is 10.4 Å². The molecular weight excluding hydrogens is 254 g/mol. The maximum absolute atomic E-state index is 5.72. The van der Waals surface area contributed by atoms with E-state index in [0.717, 1.165) is 22.9 Å². The smallest absolute Gasteiger partial charge is 0.253 e. The standard InChI is InChI=1S/C13H17N7/c1-8-7-12(19-5-4-11(14)18-19)16-13(15-8)20-10(3)6-9(2)17-20/h4,6-7,18H,5,14H2,1-3H3. The first-order valence-corrected chi connectivity index (χ1v) is 6.42. The molecule has 0 aliphatic carbocycles. The average Bonchev–Trinajstić information content (AvgIpc) is 2.94. The highest BCUT2D eigenvalue weighted by molar-refractivity contribution is 5.44. The van der Waals surface area contributed by atoms with Gasteiger partial charge in [-0.05, 0) is 32.9 Å². The van der Waals surface area contributed by atoms with Crippen molar-refractivity contribution in [2.75, 3.05) is 11.6 Å². The Morgan fingerprint density at radius 2 is 1.95 bits per heavy atom. The maximum atomic E-state index is 5.72. The minimum absolute atomic E-state index is 0.567. The summed E-state index contributed by atoms with van der Waals surface area (Å²) >= 11 is 0. The van der Waals surface area contributed by atoms with Gasteiger partial charge in [-0.25, -0.2) is 9.67 Å². The minimum atomic E-state index is 0.567. The van der Waals surface area contributed by atoms with E-state index in [9.17, 15) is 0 Å². The van der Waals surface area contributed by atoms with E-state index in [1.165, 1.54) is 0 Å². The van der Waals surface area contributed by atoms with Crippen LogP contribution < -0.4 is 16.2 Å². The summed E-state index contributed by atoms with van der Waals surface area (Å²) in [4.78, 5) is 9.01. The first kappa shape index (κ1) is 12.5.